The second-order valence-corrected chi connectivity index (χ2v) is 19.6. The van der Waals surface area contributed by atoms with Gasteiger partial charge in [0.05, 0.1) is 18.8 Å². The predicted molar refractivity (Wildman–Crippen MR) is 270 cm³/mol. The quantitative estimate of drug-likeness (QED) is 0.0309. The van der Waals surface area contributed by atoms with Gasteiger partial charge in [0.15, 0.2) is 0 Å². The van der Waals surface area contributed by atoms with Gasteiger partial charge >= 0.3 is 0 Å². The summed E-state index contributed by atoms with van der Waals surface area (Å²) in [4.78, 5) is 12.6. The van der Waals surface area contributed by atoms with Crippen LogP contribution in [0.4, 0.5) is 0 Å². The molecule has 370 valence electrons. The number of unbranched alkanes of at least 4 members (excludes halogenated alkanes) is 41. The molecule has 0 heterocycles. The Hall–Kier alpha value is -0.950. The van der Waals surface area contributed by atoms with Crippen LogP contribution in [0.15, 0.2) is 12.2 Å². The maximum Gasteiger partial charge on any atom is 0.249 e. The number of aliphatic hydroxyl groups is 4. The zero-order valence-corrected chi connectivity index (χ0v) is 41.9. The van der Waals surface area contributed by atoms with E-state index in [1.54, 1.807) is 0 Å². The van der Waals surface area contributed by atoms with Crippen molar-refractivity contribution in [3.05, 3.63) is 12.2 Å². The molecule has 0 aromatic carbocycles. The molecular weight excluding hydrogens is 767 g/mol. The number of hydrogen-bond acceptors (Lipinski definition) is 5. The molecule has 0 aliphatic rings. The molecule has 1 amide bonds. The van der Waals surface area contributed by atoms with E-state index in [0.29, 0.717) is 12.8 Å². The molecule has 0 aliphatic heterocycles. The van der Waals surface area contributed by atoms with Gasteiger partial charge < -0.3 is 25.7 Å². The summed E-state index contributed by atoms with van der Waals surface area (Å²) < 4.78 is 0. The third-order valence-corrected chi connectivity index (χ3v) is 13.5. The second-order valence-electron chi connectivity index (χ2n) is 19.6. The van der Waals surface area contributed by atoms with Crippen molar-refractivity contribution in [2.24, 2.45) is 0 Å². The monoisotopic (exact) mass is 878 g/mol. The van der Waals surface area contributed by atoms with Crippen molar-refractivity contribution in [3.63, 3.8) is 0 Å². The Morgan fingerprint density at radius 3 is 0.935 bits per heavy atom. The van der Waals surface area contributed by atoms with Crippen LogP contribution >= 0.6 is 0 Å². The number of aliphatic hydroxyl groups excluding tert-OH is 4. The van der Waals surface area contributed by atoms with Crippen LogP contribution in [0.2, 0.25) is 0 Å². The number of carbonyl (C=O) groups excluding carboxylic acids is 1. The van der Waals surface area contributed by atoms with Crippen LogP contribution in [0.3, 0.4) is 0 Å². The van der Waals surface area contributed by atoms with E-state index in [0.717, 1.165) is 44.9 Å². The maximum absolute atomic E-state index is 12.6. The summed E-state index contributed by atoms with van der Waals surface area (Å²) in [5.74, 6) is -0.583. The number of amides is 1. The summed E-state index contributed by atoms with van der Waals surface area (Å²) in [5.41, 5.74) is 0. The second kappa shape index (κ2) is 51.0. The lowest BCUT2D eigenvalue weighted by Crippen LogP contribution is -2.53. The van der Waals surface area contributed by atoms with Crippen LogP contribution in [-0.4, -0.2) is 57.3 Å². The SMILES string of the molecule is CCCCCCCCCCCCC/C=C\CCCCCCCCC(O)C(=O)NC(CO)C(O)C(O)CCCCCCCCCCCCCCCCCCCCCCCCCCC. The summed E-state index contributed by atoms with van der Waals surface area (Å²) in [5, 5.41) is 44.0. The van der Waals surface area contributed by atoms with Gasteiger partial charge in [-0.2, -0.15) is 0 Å². The maximum atomic E-state index is 12.6. The van der Waals surface area contributed by atoms with Crippen molar-refractivity contribution in [1.82, 2.24) is 5.32 Å². The molecule has 0 aromatic rings. The first kappa shape index (κ1) is 61.0. The summed E-state index contributed by atoms with van der Waals surface area (Å²) in [6.07, 6.45) is 59.9. The van der Waals surface area contributed by atoms with Crippen molar-refractivity contribution >= 4 is 5.91 Å². The van der Waals surface area contributed by atoms with Crippen molar-refractivity contribution < 1.29 is 25.2 Å². The van der Waals surface area contributed by atoms with Crippen LogP contribution in [0.25, 0.3) is 0 Å². The number of allylic oxidation sites excluding steroid dienone is 2. The van der Waals surface area contributed by atoms with E-state index in [-0.39, 0.29) is 0 Å². The fourth-order valence-corrected chi connectivity index (χ4v) is 9.05. The zero-order valence-electron chi connectivity index (χ0n) is 41.9. The van der Waals surface area contributed by atoms with Gasteiger partial charge in [0.2, 0.25) is 5.91 Å². The molecule has 0 spiro atoms. The van der Waals surface area contributed by atoms with E-state index in [1.165, 1.54) is 238 Å². The Kier molecular flexibility index (Phi) is 50.3. The molecule has 0 saturated heterocycles. The molecule has 6 heteroatoms. The third kappa shape index (κ3) is 44.3. The van der Waals surface area contributed by atoms with Crippen LogP contribution in [0, 0.1) is 0 Å². The first-order valence-electron chi connectivity index (χ1n) is 28.1. The van der Waals surface area contributed by atoms with Crippen LogP contribution in [0.1, 0.15) is 309 Å². The Morgan fingerprint density at radius 1 is 0.387 bits per heavy atom. The lowest BCUT2D eigenvalue weighted by atomic mass is 9.99. The van der Waals surface area contributed by atoms with Crippen molar-refractivity contribution in [2.45, 2.75) is 334 Å². The molecule has 62 heavy (non-hydrogen) atoms. The standard InChI is InChI=1S/C56H111NO5/c1-3-5-7-9-11-13-15-17-19-21-23-25-26-27-28-30-31-33-35-37-39-41-43-45-47-49-53(59)55(61)52(51-58)57-56(62)54(60)50-48-46-44-42-40-38-36-34-32-29-24-22-20-18-16-14-12-10-8-6-4-2/h32,34,52-55,58-61H,3-31,33,35-51H2,1-2H3,(H,57,62)/b34-32-. The average Bonchev–Trinajstić information content (AvgIpc) is 3.28. The van der Waals surface area contributed by atoms with Gasteiger partial charge in [-0.1, -0.05) is 283 Å². The minimum Gasteiger partial charge on any atom is -0.394 e. The molecule has 4 atom stereocenters. The molecule has 0 saturated carbocycles. The molecule has 0 bridgehead atoms. The predicted octanol–water partition coefficient (Wildman–Crippen LogP) is 16.1. The lowest BCUT2D eigenvalue weighted by Gasteiger charge is -2.27. The molecule has 0 aromatic heterocycles. The van der Waals surface area contributed by atoms with Crippen molar-refractivity contribution in [2.75, 3.05) is 6.61 Å². The van der Waals surface area contributed by atoms with E-state index < -0.39 is 36.9 Å². The summed E-state index contributed by atoms with van der Waals surface area (Å²) in [6, 6.07) is -0.986. The number of hydrogen-bond donors (Lipinski definition) is 5. The Labute approximate surface area is 387 Å². The minimum absolute atomic E-state index is 0.365. The first-order chi connectivity index (χ1) is 30.5. The highest BCUT2D eigenvalue weighted by Crippen LogP contribution is 2.18. The van der Waals surface area contributed by atoms with Gasteiger partial charge in [0.25, 0.3) is 0 Å². The summed E-state index contributed by atoms with van der Waals surface area (Å²) >= 11 is 0. The Balaban J connectivity index is 3.62. The molecule has 0 radical (unpaired) electrons. The normalized spacial score (nSPS) is 13.8. The number of carbonyl (C=O) groups is 1. The highest BCUT2D eigenvalue weighted by Gasteiger charge is 2.28. The average molecular weight is 879 g/mol. The largest absolute Gasteiger partial charge is 0.394 e. The molecular formula is C56H111NO5. The van der Waals surface area contributed by atoms with Gasteiger partial charge in [0.1, 0.15) is 12.2 Å². The highest BCUT2D eigenvalue weighted by atomic mass is 16.3. The van der Waals surface area contributed by atoms with Crippen molar-refractivity contribution in [1.29, 1.82) is 0 Å². The van der Waals surface area contributed by atoms with Gasteiger partial charge in [-0.25, -0.2) is 0 Å². The molecule has 5 N–H and O–H groups in total. The summed E-state index contributed by atoms with van der Waals surface area (Å²) in [7, 11) is 0. The minimum atomic E-state index is -1.26. The van der Waals surface area contributed by atoms with Gasteiger partial charge in [0, 0.05) is 0 Å². The summed E-state index contributed by atoms with van der Waals surface area (Å²) in [6.45, 7) is 4.09. The molecule has 6 nitrogen and oxygen atoms in total. The lowest BCUT2D eigenvalue weighted by molar-refractivity contribution is -0.132. The smallest absolute Gasteiger partial charge is 0.249 e. The van der Waals surface area contributed by atoms with E-state index in [4.69, 9.17) is 0 Å². The zero-order chi connectivity index (χ0) is 45.2. The van der Waals surface area contributed by atoms with E-state index in [2.05, 4.69) is 31.3 Å². The third-order valence-electron chi connectivity index (χ3n) is 13.5. The van der Waals surface area contributed by atoms with Crippen LogP contribution in [-0.2, 0) is 4.79 Å². The van der Waals surface area contributed by atoms with Crippen molar-refractivity contribution in [3.8, 4) is 0 Å². The van der Waals surface area contributed by atoms with E-state index in [9.17, 15) is 25.2 Å². The van der Waals surface area contributed by atoms with E-state index >= 15 is 0 Å². The topological polar surface area (TPSA) is 110 Å². The molecule has 0 aliphatic carbocycles. The highest BCUT2D eigenvalue weighted by molar-refractivity contribution is 5.80. The fraction of sp³-hybridized carbons (Fsp3) is 0.946. The van der Waals surface area contributed by atoms with Gasteiger partial charge in [-0.15, -0.1) is 0 Å². The molecule has 0 fully saturated rings. The van der Waals surface area contributed by atoms with Crippen LogP contribution in [0.5, 0.6) is 0 Å². The first-order valence-corrected chi connectivity index (χ1v) is 28.1. The number of nitrogens with one attached hydrogen (secondary N) is 1. The van der Waals surface area contributed by atoms with Gasteiger partial charge in [-0.05, 0) is 38.5 Å². The molecule has 0 rings (SSSR count). The Bertz CT molecular complexity index is 898. The Morgan fingerprint density at radius 2 is 0.645 bits per heavy atom. The van der Waals surface area contributed by atoms with Gasteiger partial charge in [-0.3, -0.25) is 4.79 Å². The van der Waals surface area contributed by atoms with E-state index in [1.807, 2.05) is 0 Å². The number of rotatable bonds is 52. The fourth-order valence-electron chi connectivity index (χ4n) is 9.05. The molecule has 4 unspecified atom stereocenters. The van der Waals surface area contributed by atoms with Crippen LogP contribution < -0.4 is 5.32 Å².